The minimum absolute atomic E-state index is 0.0680. The van der Waals surface area contributed by atoms with Crippen molar-refractivity contribution < 1.29 is 4.79 Å². The van der Waals surface area contributed by atoms with Crippen LogP contribution < -0.4 is 10.9 Å². The number of nitrogens with zero attached hydrogens (tertiary/aromatic N) is 1. The number of carbonyl (C=O) groups excluding carboxylic acids is 1. The highest BCUT2D eigenvalue weighted by atomic mass is 16.1. The summed E-state index contributed by atoms with van der Waals surface area (Å²) in [7, 11) is 0. The molecule has 0 aliphatic carbocycles. The molecule has 1 aromatic heterocycles. The van der Waals surface area contributed by atoms with E-state index in [1.165, 1.54) is 0 Å². The van der Waals surface area contributed by atoms with Gasteiger partial charge in [-0.05, 0) is 24.6 Å². The van der Waals surface area contributed by atoms with Crippen LogP contribution in [-0.4, -0.2) is 15.9 Å². The number of fused-ring (bicyclic) bond motifs is 1. The number of hydrogen-bond acceptors (Lipinski definition) is 3. The SMILES string of the molecule is CC(NC(=O)CCc1nc2ccccc2[nH]c1=O)c1ccccc1. The Balaban J connectivity index is 1.64. The highest BCUT2D eigenvalue weighted by Crippen LogP contribution is 2.11. The molecule has 5 nitrogen and oxygen atoms in total. The van der Waals surface area contributed by atoms with Crippen molar-refractivity contribution >= 4 is 16.9 Å². The summed E-state index contributed by atoms with van der Waals surface area (Å²) in [5, 5.41) is 2.94. The van der Waals surface area contributed by atoms with Gasteiger partial charge in [-0.1, -0.05) is 42.5 Å². The van der Waals surface area contributed by atoms with E-state index < -0.39 is 0 Å². The molecule has 0 aliphatic heterocycles. The van der Waals surface area contributed by atoms with Crippen molar-refractivity contribution in [3.05, 3.63) is 76.2 Å². The molecule has 0 radical (unpaired) electrons. The first kappa shape index (κ1) is 15.9. The average Bonchev–Trinajstić information content (AvgIpc) is 2.60. The van der Waals surface area contributed by atoms with Crippen LogP contribution in [0, 0.1) is 0 Å². The number of carbonyl (C=O) groups is 1. The monoisotopic (exact) mass is 321 g/mol. The third-order valence-electron chi connectivity index (χ3n) is 3.94. The van der Waals surface area contributed by atoms with Gasteiger partial charge >= 0.3 is 0 Å². The number of aromatic amines is 1. The Morgan fingerprint density at radius 3 is 2.62 bits per heavy atom. The Labute approximate surface area is 139 Å². The Kier molecular flexibility index (Phi) is 4.70. The maximum atomic E-state index is 12.1. The van der Waals surface area contributed by atoms with Crippen molar-refractivity contribution in [1.29, 1.82) is 0 Å². The molecular weight excluding hydrogens is 302 g/mol. The van der Waals surface area contributed by atoms with Gasteiger partial charge in [0, 0.05) is 12.8 Å². The summed E-state index contributed by atoms with van der Waals surface area (Å²) in [5.74, 6) is -0.0966. The predicted molar refractivity (Wildman–Crippen MR) is 93.7 cm³/mol. The Bertz CT molecular complexity index is 903. The number of hydrogen-bond donors (Lipinski definition) is 2. The summed E-state index contributed by atoms with van der Waals surface area (Å²) in [6, 6.07) is 17.1. The standard InChI is InChI=1S/C19H19N3O2/c1-13(14-7-3-2-4-8-14)20-18(23)12-11-17-19(24)22-16-10-6-5-9-15(16)21-17/h2-10,13H,11-12H2,1H3,(H,20,23)(H,22,24). The normalized spacial score (nSPS) is 12.0. The first-order valence-electron chi connectivity index (χ1n) is 7.96. The Morgan fingerprint density at radius 1 is 1.12 bits per heavy atom. The van der Waals surface area contributed by atoms with Gasteiger partial charge in [-0.25, -0.2) is 4.98 Å². The summed E-state index contributed by atoms with van der Waals surface area (Å²) in [6.45, 7) is 1.94. The second kappa shape index (κ2) is 7.08. The average molecular weight is 321 g/mol. The number of benzene rings is 2. The highest BCUT2D eigenvalue weighted by molar-refractivity contribution is 5.77. The predicted octanol–water partition coefficient (Wildman–Crippen LogP) is 2.73. The Morgan fingerprint density at radius 2 is 1.83 bits per heavy atom. The number of nitrogens with one attached hydrogen (secondary N) is 2. The van der Waals surface area contributed by atoms with Gasteiger partial charge in [0.05, 0.1) is 17.1 Å². The maximum Gasteiger partial charge on any atom is 0.270 e. The van der Waals surface area contributed by atoms with Crippen LogP contribution in [0.5, 0.6) is 0 Å². The van der Waals surface area contributed by atoms with Gasteiger partial charge < -0.3 is 10.3 Å². The minimum atomic E-state index is -0.238. The lowest BCUT2D eigenvalue weighted by molar-refractivity contribution is -0.121. The molecule has 122 valence electrons. The van der Waals surface area contributed by atoms with Crippen LogP contribution in [0.4, 0.5) is 0 Å². The molecule has 1 amide bonds. The molecule has 0 saturated carbocycles. The van der Waals surface area contributed by atoms with E-state index in [-0.39, 0.29) is 23.9 Å². The van der Waals surface area contributed by atoms with Crippen molar-refractivity contribution in [2.45, 2.75) is 25.8 Å². The van der Waals surface area contributed by atoms with E-state index in [9.17, 15) is 9.59 Å². The van der Waals surface area contributed by atoms with Crippen molar-refractivity contribution in [2.24, 2.45) is 0 Å². The van der Waals surface area contributed by atoms with Crippen molar-refractivity contribution in [2.75, 3.05) is 0 Å². The van der Waals surface area contributed by atoms with Crippen LogP contribution >= 0.6 is 0 Å². The zero-order valence-corrected chi connectivity index (χ0v) is 13.5. The fourth-order valence-corrected chi connectivity index (χ4v) is 2.61. The molecule has 1 unspecified atom stereocenters. The summed E-state index contributed by atoms with van der Waals surface area (Å²) in [6.07, 6.45) is 0.541. The smallest absolute Gasteiger partial charge is 0.270 e. The van der Waals surface area contributed by atoms with Crippen LogP contribution in [0.25, 0.3) is 11.0 Å². The van der Waals surface area contributed by atoms with Gasteiger partial charge in [0.2, 0.25) is 5.91 Å². The van der Waals surface area contributed by atoms with E-state index in [1.807, 2.05) is 61.5 Å². The zero-order chi connectivity index (χ0) is 16.9. The summed E-state index contributed by atoms with van der Waals surface area (Å²) in [4.78, 5) is 31.3. The molecule has 0 spiro atoms. The topological polar surface area (TPSA) is 74.8 Å². The largest absolute Gasteiger partial charge is 0.350 e. The first-order valence-corrected chi connectivity index (χ1v) is 7.96. The van der Waals surface area contributed by atoms with Crippen molar-refractivity contribution in [3.8, 4) is 0 Å². The van der Waals surface area contributed by atoms with Crippen LogP contribution in [0.15, 0.2) is 59.4 Å². The van der Waals surface area contributed by atoms with Gasteiger partial charge in [0.25, 0.3) is 5.56 Å². The van der Waals surface area contributed by atoms with E-state index in [0.29, 0.717) is 17.6 Å². The zero-order valence-electron chi connectivity index (χ0n) is 13.5. The molecule has 0 bridgehead atoms. The summed E-state index contributed by atoms with van der Waals surface area (Å²) < 4.78 is 0. The molecule has 0 saturated heterocycles. The molecule has 0 fully saturated rings. The van der Waals surface area contributed by atoms with E-state index >= 15 is 0 Å². The second-order valence-electron chi connectivity index (χ2n) is 5.73. The molecule has 1 atom stereocenters. The van der Waals surface area contributed by atoms with Crippen LogP contribution in [0.2, 0.25) is 0 Å². The lowest BCUT2D eigenvalue weighted by Crippen LogP contribution is -2.27. The van der Waals surface area contributed by atoms with Gasteiger partial charge in [-0.15, -0.1) is 0 Å². The molecule has 1 heterocycles. The molecule has 24 heavy (non-hydrogen) atoms. The van der Waals surface area contributed by atoms with Crippen molar-refractivity contribution in [3.63, 3.8) is 0 Å². The number of para-hydroxylation sites is 2. The second-order valence-corrected chi connectivity index (χ2v) is 5.73. The van der Waals surface area contributed by atoms with E-state index in [1.54, 1.807) is 0 Å². The van der Waals surface area contributed by atoms with Gasteiger partial charge in [-0.2, -0.15) is 0 Å². The van der Waals surface area contributed by atoms with Crippen LogP contribution in [0.1, 0.15) is 30.6 Å². The van der Waals surface area contributed by atoms with Crippen molar-refractivity contribution in [1.82, 2.24) is 15.3 Å². The molecule has 3 aromatic rings. The van der Waals surface area contributed by atoms with E-state index in [0.717, 1.165) is 11.1 Å². The fraction of sp³-hybridized carbons (Fsp3) is 0.211. The lowest BCUT2D eigenvalue weighted by Gasteiger charge is -2.14. The third kappa shape index (κ3) is 3.68. The van der Waals surface area contributed by atoms with Crippen LogP contribution in [0.3, 0.4) is 0 Å². The van der Waals surface area contributed by atoms with Gasteiger partial charge in [0.1, 0.15) is 5.69 Å². The number of rotatable bonds is 5. The van der Waals surface area contributed by atoms with Gasteiger partial charge in [0.15, 0.2) is 0 Å². The molecule has 5 heteroatoms. The number of amides is 1. The lowest BCUT2D eigenvalue weighted by atomic mass is 10.1. The third-order valence-corrected chi connectivity index (χ3v) is 3.94. The quantitative estimate of drug-likeness (QED) is 0.759. The van der Waals surface area contributed by atoms with E-state index in [2.05, 4.69) is 15.3 Å². The maximum absolute atomic E-state index is 12.1. The van der Waals surface area contributed by atoms with E-state index in [4.69, 9.17) is 0 Å². The number of H-pyrrole nitrogens is 1. The molecule has 2 N–H and O–H groups in total. The molecule has 0 aliphatic rings. The number of aryl methyl sites for hydroxylation is 1. The van der Waals surface area contributed by atoms with Gasteiger partial charge in [-0.3, -0.25) is 9.59 Å². The first-order chi connectivity index (χ1) is 11.6. The number of aromatic nitrogens is 2. The molecular formula is C19H19N3O2. The summed E-state index contributed by atoms with van der Waals surface area (Å²) in [5.41, 5.74) is 2.62. The highest BCUT2D eigenvalue weighted by Gasteiger charge is 2.11. The molecule has 2 aromatic carbocycles. The minimum Gasteiger partial charge on any atom is -0.350 e. The molecule has 3 rings (SSSR count). The summed E-state index contributed by atoms with van der Waals surface area (Å²) >= 11 is 0. The Hall–Kier alpha value is -2.95. The fourth-order valence-electron chi connectivity index (χ4n) is 2.61. The van der Waals surface area contributed by atoms with Crippen LogP contribution in [-0.2, 0) is 11.2 Å².